The van der Waals surface area contributed by atoms with Crippen molar-refractivity contribution < 1.29 is 19.4 Å². The number of aliphatic carboxylic acids is 1. The number of carbonyl (C=O) groups excluding carboxylic acids is 1. The molecule has 0 saturated heterocycles. The van der Waals surface area contributed by atoms with Crippen LogP contribution in [0.5, 0.6) is 0 Å². The van der Waals surface area contributed by atoms with Crippen molar-refractivity contribution in [2.45, 2.75) is 51.7 Å². The van der Waals surface area contributed by atoms with E-state index in [0.717, 1.165) is 12.0 Å². The Kier molecular flexibility index (Phi) is 8.61. The molecule has 0 bridgehead atoms. The number of rotatable bonds is 10. The number of carbonyl (C=O) groups is 2. The van der Waals surface area contributed by atoms with Gasteiger partial charge in [0.25, 0.3) is 0 Å². The zero-order valence-corrected chi connectivity index (χ0v) is 14.4. The summed E-state index contributed by atoms with van der Waals surface area (Å²) < 4.78 is 5.46. The molecule has 0 saturated carbocycles. The van der Waals surface area contributed by atoms with Crippen LogP contribution in [0.15, 0.2) is 43.0 Å². The van der Waals surface area contributed by atoms with E-state index in [1.807, 2.05) is 44.2 Å². The molecule has 1 aromatic rings. The highest BCUT2D eigenvalue weighted by Crippen LogP contribution is 2.12. The quantitative estimate of drug-likeness (QED) is 0.639. The van der Waals surface area contributed by atoms with Crippen LogP contribution < -0.4 is 5.32 Å². The molecule has 0 aliphatic carbocycles. The zero-order chi connectivity index (χ0) is 17.9. The summed E-state index contributed by atoms with van der Waals surface area (Å²) in [5, 5.41) is 11.7. The van der Waals surface area contributed by atoms with E-state index in [1.165, 1.54) is 0 Å². The molecule has 132 valence electrons. The summed E-state index contributed by atoms with van der Waals surface area (Å²) in [5.74, 6) is -0.890. The molecule has 0 spiro atoms. The average Bonchev–Trinajstić information content (AvgIpc) is 2.52. The number of ether oxygens (including phenoxy) is 1. The minimum atomic E-state index is -1.05. The number of benzene rings is 1. The van der Waals surface area contributed by atoms with Gasteiger partial charge in [-0.15, -0.1) is 6.58 Å². The van der Waals surface area contributed by atoms with Crippen LogP contribution in [0.1, 0.15) is 38.7 Å². The van der Waals surface area contributed by atoms with Crippen molar-refractivity contribution in [2.24, 2.45) is 5.92 Å². The zero-order valence-electron chi connectivity index (χ0n) is 14.4. The average molecular weight is 333 g/mol. The number of allylic oxidation sites excluding steroid dienone is 1. The van der Waals surface area contributed by atoms with Crippen molar-refractivity contribution in [3.05, 3.63) is 48.6 Å². The van der Waals surface area contributed by atoms with Crippen molar-refractivity contribution in [2.75, 3.05) is 0 Å². The first-order chi connectivity index (χ1) is 11.4. The molecule has 1 amide bonds. The number of hydrogen-bond acceptors (Lipinski definition) is 3. The lowest BCUT2D eigenvalue weighted by Gasteiger charge is -2.21. The lowest BCUT2D eigenvalue weighted by Crippen LogP contribution is -2.43. The topological polar surface area (TPSA) is 75.6 Å². The summed E-state index contributed by atoms with van der Waals surface area (Å²) in [6, 6.07) is 8.81. The van der Waals surface area contributed by atoms with Gasteiger partial charge in [0.15, 0.2) is 0 Å². The lowest BCUT2D eigenvalue weighted by molar-refractivity contribution is -0.139. The molecular formula is C19H27NO4. The van der Waals surface area contributed by atoms with Crippen molar-refractivity contribution in [3.63, 3.8) is 0 Å². The number of carboxylic acid groups (broad SMARTS) is 1. The van der Waals surface area contributed by atoms with Gasteiger partial charge in [0.2, 0.25) is 0 Å². The highest BCUT2D eigenvalue weighted by molar-refractivity contribution is 5.79. The maximum Gasteiger partial charge on any atom is 0.408 e. The van der Waals surface area contributed by atoms with Crippen LogP contribution in [-0.4, -0.2) is 29.3 Å². The van der Waals surface area contributed by atoms with Crippen molar-refractivity contribution >= 4 is 12.1 Å². The predicted octanol–water partition coefficient (Wildman–Crippen LogP) is 3.79. The highest BCUT2D eigenvalue weighted by Gasteiger charge is 2.23. The monoisotopic (exact) mass is 333 g/mol. The minimum absolute atomic E-state index is 0.160. The fraction of sp³-hybridized carbons (Fsp3) is 0.474. The fourth-order valence-electron chi connectivity index (χ4n) is 2.40. The number of nitrogens with one attached hydrogen (secondary N) is 1. The normalized spacial score (nSPS) is 13.1. The molecule has 24 heavy (non-hydrogen) atoms. The Labute approximate surface area is 143 Å². The summed E-state index contributed by atoms with van der Waals surface area (Å²) in [7, 11) is 0. The standard InChI is InChI=1S/C19H27NO4/c1-4-5-11-16(13-15-9-7-6-8-10-15)24-19(23)20-17(18(21)22)12-14(2)3/h4,6-10,14,16-17H,1,5,11-13H2,2-3H3,(H,20,23)(H,21,22). The molecular weight excluding hydrogens is 306 g/mol. The van der Waals surface area contributed by atoms with Gasteiger partial charge in [-0.05, 0) is 30.7 Å². The SMILES string of the molecule is C=CCCC(Cc1ccccc1)OC(=O)NC(CC(C)C)C(=O)O. The summed E-state index contributed by atoms with van der Waals surface area (Å²) in [6.07, 6.45) is 3.09. The van der Waals surface area contributed by atoms with Gasteiger partial charge in [-0.25, -0.2) is 9.59 Å². The number of alkyl carbamates (subject to hydrolysis) is 1. The van der Waals surface area contributed by atoms with Crippen LogP contribution in [0, 0.1) is 5.92 Å². The van der Waals surface area contributed by atoms with E-state index in [9.17, 15) is 14.7 Å². The summed E-state index contributed by atoms with van der Waals surface area (Å²) in [5.41, 5.74) is 1.07. The van der Waals surface area contributed by atoms with Gasteiger partial charge in [-0.1, -0.05) is 50.3 Å². The van der Waals surface area contributed by atoms with Gasteiger partial charge in [-0.2, -0.15) is 0 Å². The molecule has 2 atom stereocenters. The molecule has 0 fully saturated rings. The van der Waals surface area contributed by atoms with Crippen molar-refractivity contribution in [1.29, 1.82) is 0 Å². The van der Waals surface area contributed by atoms with Crippen molar-refractivity contribution in [1.82, 2.24) is 5.32 Å². The third-order valence-corrected chi connectivity index (χ3v) is 3.57. The van der Waals surface area contributed by atoms with Gasteiger partial charge < -0.3 is 15.2 Å². The van der Waals surface area contributed by atoms with Crippen LogP contribution in [0.25, 0.3) is 0 Å². The minimum Gasteiger partial charge on any atom is -0.480 e. The van der Waals surface area contributed by atoms with E-state index >= 15 is 0 Å². The van der Waals surface area contributed by atoms with Crippen molar-refractivity contribution in [3.8, 4) is 0 Å². The lowest BCUT2D eigenvalue weighted by atomic mass is 10.0. The first-order valence-corrected chi connectivity index (χ1v) is 8.27. The summed E-state index contributed by atoms with van der Waals surface area (Å²) in [4.78, 5) is 23.3. The van der Waals surface area contributed by atoms with Gasteiger partial charge in [-0.3, -0.25) is 0 Å². The Balaban J connectivity index is 2.65. The highest BCUT2D eigenvalue weighted by atomic mass is 16.6. The fourth-order valence-corrected chi connectivity index (χ4v) is 2.40. The smallest absolute Gasteiger partial charge is 0.408 e. The van der Waals surface area contributed by atoms with E-state index in [-0.39, 0.29) is 12.0 Å². The molecule has 0 aliphatic rings. The van der Waals surface area contributed by atoms with Gasteiger partial charge in [0.05, 0.1) is 0 Å². The molecule has 5 heteroatoms. The van der Waals surface area contributed by atoms with E-state index in [0.29, 0.717) is 19.3 Å². The maximum atomic E-state index is 12.1. The van der Waals surface area contributed by atoms with Crippen LogP contribution in [0.3, 0.4) is 0 Å². The molecule has 1 rings (SSSR count). The molecule has 0 radical (unpaired) electrons. The van der Waals surface area contributed by atoms with Crippen LogP contribution in [-0.2, 0) is 16.0 Å². The van der Waals surface area contributed by atoms with E-state index in [1.54, 1.807) is 6.08 Å². The van der Waals surface area contributed by atoms with E-state index < -0.39 is 18.1 Å². The molecule has 0 aromatic heterocycles. The summed E-state index contributed by atoms with van der Waals surface area (Å²) in [6.45, 7) is 7.51. The van der Waals surface area contributed by atoms with E-state index in [2.05, 4.69) is 11.9 Å². The number of amides is 1. The first-order valence-electron chi connectivity index (χ1n) is 8.27. The second-order valence-electron chi connectivity index (χ2n) is 6.25. The molecule has 2 unspecified atom stereocenters. The summed E-state index contributed by atoms with van der Waals surface area (Å²) >= 11 is 0. The third-order valence-electron chi connectivity index (χ3n) is 3.57. The molecule has 0 heterocycles. The molecule has 0 aliphatic heterocycles. The third kappa shape index (κ3) is 7.81. The van der Waals surface area contributed by atoms with Gasteiger partial charge in [0, 0.05) is 6.42 Å². The Morgan fingerprint density at radius 1 is 1.29 bits per heavy atom. The first kappa shape index (κ1) is 19.7. The van der Waals surface area contributed by atoms with Crippen LogP contribution in [0.4, 0.5) is 4.79 Å². The van der Waals surface area contributed by atoms with Gasteiger partial charge >= 0.3 is 12.1 Å². The number of carboxylic acids is 1. The van der Waals surface area contributed by atoms with E-state index in [4.69, 9.17) is 4.74 Å². The Bertz CT molecular complexity index is 527. The molecule has 5 nitrogen and oxygen atoms in total. The molecule has 1 aromatic carbocycles. The maximum absolute atomic E-state index is 12.1. The number of hydrogen-bond donors (Lipinski definition) is 2. The second kappa shape index (κ2) is 10.5. The van der Waals surface area contributed by atoms with Crippen LogP contribution >= 0.6 is 0 Å². The Morgan fingerprint density at radius 3 is 2.50 bits per heavy atom. The Morgan fingerprint density at radius 2 is 1.96 bits per heavy atom. The molecule has 2 N–H and O–H groups in total. The predicted molar refractivity (Wildman–Crippen MR) is 93.9 cm³/mol. The Hall–Kier alpha value is -2.30. The van der Waals surface area contributed by atoms with Crippen LogP contribution in [0.2, 0.25) is 0 Å². The van der Waals surface area contributed by atoms with Gasteiger partial charge in [0.1, 0.15) is 12.1 Å². The largest absolute Gasteiger partial charge is 0.480 e. The second-order valence-corrected chi connectivity index (χ2v) is 6.25.